The van der Waals surface area contributed by atoms with E-state index in [0.29, 0.717) is 18.7 Å². The molecule has 0 aliphatic carbocycles. The molecule has 1 aliphatic rings. The second-order valence-corrected chi connectivity index (χ2v) is 5.23. The van der Waals surface area contributed by atoms with Gasteiger partial charge in [-0.25, -0.2) is 4.39 Å². The van der Waals surface area contributed by atoms with Crippen molar-refractivity contribution in [1.82, 2.24) is 10.6 Å². The highest BCUT2D eigenvalue weighted by atomic mass is 19.1. The molecule has 1 aliphatic heterocycles. The lowest BCUT2D eigenvalue weighted by molar-refractivity contribution is -0.131. The van der Waals surface area contributed by atoms with Crippen LogP contribution in [0.15, 0.2) is 29.4 Å². The van der Waals surface area contributed by atoms with Gasteiger partial charge >= 0.3 is 0 Å². The van der Waals surface area contributed by atoms with Crippen LogP contribution in [0.3, 0.4) is 0 Å². The highest BCUT2D eigenvalue weighted by molar-refractivity contribution is 6.04. The minimum Gasteiger partial charge on any atom is -0.382 e. The van der Waals surface area contributed by atoms with Gasteiger partial charge in [0.2, 0.25) is 12.0 Å². The summed E-state index contributed by atoms with van der Waals surface area (Å²) < 4.78 is 12.9. The third-order valence-corrected chi connectivity index (χ3v) is 3.36. The zero-order valence-corrected chi connectivity index (χ0v) is 13.0. The second kappa shape index (κ2) is 8.26. The van der Waals surface area contributed by atoms with E-state index in [-0.39, 0.29) is 30.6 Å². The van der Waals surface area contributed by atoms with Crippen molar-refractivity contribution in [3.05, 3.63) is 35.6 Å². The Balaban J connectivity index is 1.73. The van der Waals surface area contributed by atoms with Crippen molar-refractivity contribution in [3.63, 3.8) is 0 Å². The molecule has 1 atom stereocenters. The summed E-state index contributed by atoms with van der Waals surface area (Å²) in [4.78, 5) is 28.5. The smallest absolute Gasteiger partial charge is 0.264 e. The Kier molecular flexibility index (Phi) is 6.08. The fourth-order valence-corrected chi connectivity index (χ4v) is 2.10. The predicted octanol–water partition coefficient (Wildman–Crippen LogP) is 1.35. The maximum Gasteiger partial charge on any atom is 0.264 e. The number of nitrogens with one attached hydrogen (secondary N) is 2. The summed E-state index contributed by atoms with van der Waals surface area (Å²) in [6, 6.07) is 5.85. The Morgan fingerprint density at radius 3 is 2.70 bits per heavy atom. The molecule has 7 heteroatoms. The normalized spacial score (nSPS) is 16.4. The van der Waals surface area contributed by atoms with E-state index in [1.54, 1.807) is 12.1 Å². The Labute approximate surface area is 134 Å². The number of benzene rings is 1. The van der Waals surface area contributed by atoms with Crippen molar-refractivity contribution in [2.75, 3.05) is 13.1 Å². The number of carbonyl (C=O) groups is 2. The molecule has 2 N–H and O–H groups in total. The second-order valence-electron chi connectivity index (χ2n) is 5.23. The van der Waals surface area contributed by atoms with Gasteiger partial charge in [0.1, 0.15) is 5.82 Å². The summed E-state index contributed by atoms with van der Waals surface area (Å²) >= 11 is 0. The monoisotopic (exact) mass is 321 g/mol. The summed E-state index contributed by atoms with van der Waals surface area (Å²) in [5, 5.41) is 9.26. The number of carbonyl (C=O) groups excluding carboxylic acids is 2. The molecule has 6 nitrogen and oxygen atoms in total. The van der Waals surface area contributed by atoms with Gasteiger partial charge in [-0.15, -0.1) is 0 Å². The van der Waals surface area contributed by atoms with Gasteiger partial charge in [0.15, 0.2) is 0 Å². The third-order valence-electron chi connectivity index (χ3n) is 3.36. The van der Waals surface area contributed by atoms with E-state index in [1.807, 2.05) is 6.92 Å². The molecule has 0 spiro atoms. The molecule has 124 valence electrons. The average molecular weight is 321 g/mol. The van der Waals surface area contributed by atoms with Crippen molar-refractivity contribution >= 4 is 17.5 Å². The zero-order chi connectivity index (χ0) is 16.7. The third kappa shape index (κ3) is 5.05. The Bertz CT molecular complexity index is 587. The minimum absolute atomic E-state index is 0.0947. The number of hydrogen-bond acceptors (Lipinski definition) is 4. The largest absolute Gasteiger partial charge is 0.382 e. The van der Waals surface area contributed by atoms with Gasteiger partial charge in [0.25, 0.3) is 5.91 Å². The van der Waals surface area contributed by atoms with Crippen LogP contribution in [0, 0.1) is 5.82 Å². The fraction of sp³-hybridized carbons (Fsp3) is 0.438. The van der Waals surface area contributed by atoms with E-state index >= 15 is 0 Å². The Hall–Kier alpha value is -2.44. The van der Waals surface area contributed by atoms with Crippen molar-refractivity contribution in [3.8, 4) is 0 Å². The van der Waals surface area contributed by atoms with Crippen LogP contribution in [0.4, 0.5) is 4.39 Å². The van der Waals surface area contributed by atoms with Crippen LogP contribution < -0.4 is 10.6 Å². The minimum atomic E-state index is -0.714. The highest BCUT2D eigenvalue weighted by Gasteiger charge is 2.28. The molecule has 2 amide bonds. The van der Waals surface area contributed by atoms with E-state index in [1.165, 1.54) is 12.1 Å². The van der Waals surface area contributed by atoms with Crippen LogP contribution in [0.1, 0.15) is 31.7 Å². The number of halogens is 1. The van der Waals surface area contributed by atoms with E-state index in [9.17, 15) is 14.0 Å². The van der Waals surface area contributed by atoms with Gasteiger partial charge in [-0.2, -0.15) is 0 Å². The van der Waals surface area contributed by atoms with Crippen LogP contribution in [0.2, 0.25) is 0 Å². The molecular weight excluding hydrogens is 301 g/mol. The summed E-state index contributed by atoms with van der Waals surface area (Å²) in [5.41, 5.74) is 1.33. The number of rotatable bonds is 7. The first-order chi connectivity index (χ1) is 11.1. The summed E-state index contributed by atoms with van der Waals surface area (Å²) in [7, 11) is 0. The van der Waals surface area contributed by atoms with Crippen LogP contribution in [-0.2, 0) is 14.4 Å². The standard InChI is InChI=1S/C16H20FN3O3/c1-2-8-18-15(21)7-9-19-16(22)14-10-13(20-23-14)11-3-5-12(17)6-4-11/h3-6,14H,2,7-10H2,1H3,(H,18,21)(H,19,22)/t14-/m1/s1. The average Bonchev–Trinajstić information content (AvgIpc) is 3.03. The molecule has 0 unspecified atom stereocenters. The first-order valence-corrected chi connectivity index (χ1v) is 7.63. The molecule has 0 saturated heterocycles. The van der Waals surface area contributed by atoms with Gasteiger partial charge in [-0.05, 0) is 24.1 Å². The van der Waals surface area contributed by atoms with Crippen molar-refractivity contribution in [2.45, 2.75) is 32.3 Å². The molecule has 0 saturated carbocycles. The summed E-state index contributed by atoms with van der Waals surface area (Å²) in [6.07, 6.45) is 0.704. The van der Waals surface area contributed by atoms with E-state index in [0.717, 1.165) is 12.0 Å². The summed E-state index contributed by atoms with van der Waals surface area (Å²) in [6.45, 7) is 2.85. The van der Waals surface area contributed by atoms with E-state index < -0.39 is 6.10 Å². The molecule has 0 bridgehead atoms. The van der Waals surface area contributed by atoms with Crippen molar-refractivity contribution < 1.29 is 18.8 Å². The predicted molar refractivity (Wildman–Crippen MR) is 83.4 cm³/mol. The Morgan fingerprint density at radius 2 is 2.00 bits per heavy atom. The van der Waals surface area contributed by atoms with Crippen molar-refractivity contribution in [2.24, 2.45) is 5.16 Å². The topological polar surface area (TPSA) is 79.8 Å². The molecular formula is C16H20FN3O3. The SMILES string of the molecule is CCCNC(=O)CCNC(=O)[C@H]1CC(c2ccc(F)cc2)=NO1. The van der Waals surface area contributed by atoms with Crippen LogP contribution >= 0.6 is 0 Å². The van der Waals surface area contributed by atoms with Crippen LogP contribution in [0.25, 0.3) is 0 Å². The maximum atomic E-state index is 12.9. The van der Waals surface area contributed by atoms with Gasteiger partial charge < -0.3 is 15.5 Å². The molecule has 1 aromatic rings. The molecule has 1 heterocycles. The van der Waals surface area contributed by atoms with Crippen LogP contribution in [-0.4, -0.2) is 36.7 Å². The van der Waals surface area contributed by atoms with Crippen molar-refractivity contribution in [1.29, 1.82) is 0 Å². The van der Waals surface area contributed by atoms with Gasteiger partial charge in [-0.3, -0.25) is 9.59 Å². The number of amides is 2. The lowest BCUT2D eigenvalue weighted by Gasteiger charge is -2.09. The zero-order valence-electron chi connectivity index (χ0n) is 13.0. The highest BCUT2D eigenvalue weighted by Crippen LogP contribution is 2.17. The van der Waals surface area contributed by atoms with E-state index in [4.69, 9.17) is 4.84 Å². The first kappa shape index (κ1) is 16.9. The van der Waals surface area contributed by atoms with Gasteiger partial charge in [0, 0.05) is 25.9 Å². The molecule has 0 radical (unpaired) electrons. The first-order valence-electron chi connectivity index (χ1n) is 7.63. The summed E-state index contributed by atoms with van der Waals surface area (Å²) in [5.74, 6) is -0.735. The number of nitrogens with zero attached hydrogens (tertiary/aromatic N) is 1. The van der Waals surface area contributed by atoms with Gasteiger partial charge in [-0.1, -0.05) is 24.2 Å². The lowest BCUT2D eigenvalue weighted by Crippen LogP contribution is -2.37. The molecule has 0 aromatic heterocycles. The fourth-order valence-electron chi connectivity index (χ4n) is 2.10. The molecule has 2 rings (SSSR count). The van der Waals surface area contributed by atoms with Crippen LogP contribution in [0.5, 0.6) is 0 Å². The quantitative estimate of drug-likeness (QED) is 0.795. The molecule has 23 heavy (non-hydrogen) atoms. The molecule has 1 aromatic carbocycles. The molecule has 0 fully saturated rings. The number of hydrogen-bond donors (Lipinski definition) is 2. The lowest BCUT2D eigenvalue weighted by atomic mass is 10.0. The van der Waals surface area contributed by atoms with E-state index in [2.05, 4.69) is 15.8 Å². The Morgan fingerprint density at radius 1 is 1.26 bits per heavy atom. The maximum absolute atomic E-state index is 12.9. The van der Waals surface area contributed by atoms with Gasteiger partial charge in [0.05, 0.1) is 5.71 Å². The number of oxime groups is 1.